The number of nitrogens with one attached hydrogen (secondary N) is 2. The van der Waals surface area contributed by atoms with E-state index in [0.29, 0.717) is 27.8 Å². The van der Waals surface area contributed by atoms with Crippen LogP contribution in [0.2, 0.25) is 10.0 Å². The Bertz CT molecular complexity index is 1410. The molecule has 4 aromatic rings. The molecule has 0 aliphatic heterocycles. The molecule has 2 amide bonds. The smallest absolute Gasteiger partial charge is 0.271 e. The largest absolute Gasteiger partial charge is 0.340 e. The second-order valence-electron chi connectivity index (χ2n) is 7.80. The Hall–Kier alpha value is -3.61. The van der Waals surface area contributed by atoms with Crippen LogP contribution in [0.15, 0.2) is 71.8 Å². The number of rotatable bonds is 6. The summed E-state index contributed by atoms with van der Waals surface area (Å²) < 4.78 is 2.16. The molecular weight excluding hydrogens is 471 g/mol. The quantitative estimate of drug-likeness (QED) is 0.254. The van der Waals surface area contributed by atoms with Crippen LogP contribution < -0.4 is 10.7 Å². The first-order valence-electron chi connectivity index (χ1n) is 10.6. The Labute approximate surface area is 207 Å². The normalized spacial score (nSPS) is 11.2. The fourth-order valence-electron chi connectivity index (χ4n) is 3.77. The highest BCUT2D eigenvalue weighted by Crippen LogP contribution is 2.28. The van der Waals surface area contributed by atoms with Crippen molar-refractivity contribution in [2.45, 2.75) is 20.4 Å². The molecule has 0 radical (unpaired) electrons. The van der Waals surface area contributed by atoms with Crippen LogP contribution in [0.3, 0.4) is 0 Å². The number of halogens is 2. The molecule has 34 heavy (non-hydrogen) atoms. The van der Waals surface area contributed by atoms with Crippen LogP contribution in [-0.4, -0.2) is 22.6 Å². The van der Waals surface area contributed by atoms with Crippen molar-refractivity contribution < 1.29 is 9.59 Å². The van der Waals surface area contributed by atoms with Crippen LogP contribution >= 0.6 is 23.2 Å². The summed E-state index contributed by atoms with van der Waals surface area (Å²) in [5, 5.41) is 9.08. The molecule has 0 fully saturated rings. The molecule has 2 N–H and O–H groups in total. The Balaban J connectivity index is 1.56. The highest BCUT2D eigenvalue weighted by Gasteiger charge is 2.14. The predicted molar refractivity (Wildman–Crippen MR) is 138 cm³/mol. The van der Waals surface area contributed by atoms with E-state index in [1.807, 2.05) is 43.3 Å². The van der Waals surface area contributed by atoms with Crippen LogP contribution in [0.4, 0.5) is 5.69 Å². The highest BCUT2D eigenvalue weighted by molar-refractivity contribution is 6.35. The number of amides is 2. The summed E-state index contributed by atoms with van der Waals surface area (Å²) in [6.07, 6.45) is 1.65. The van der Waals surface area contributed by atoms with Crippen LogP contribution in [0.5, 0.6) is 0 Å². The van der Waals surface area contributed by atoms with E-state index in [1.165, 1.54) is 6.92 Å². The van der Waals surface area contributed by atoms with E-state index in [1.54, 1.807) is 36.5 Å². The van der Waals surface area contributed by atoms with Gasteiger partial charge in [0, 0.05) is 56.9 Å². The van der Waals surface area contributed by atoms with Gasteiger partial charge in [0.15, 0.2) is 0 Å². The van der Waals surface area contributed by atoms with Crippen molar-refractivity contribution in [3.8, 4) is 0 Å². The third kappa shape index (κ3) is 5.14. The Morgan fingerprint density at radius 3 is 2.47 bits per heavy atom. The second-order valence-corrected chi connectivity index (χ2v) is 8.64. The zero-order valence-electron chi connectivity index (χ0n) is 18.6. The molecule has 0 saturated carbocycles. The lowest BCUT2D eigenvalue weighted by Crippen LogP contribution is -2.17. The summed E-state index contributed by atoms with van der Waals surface area (Å²) in [7, 11) is 0. The van der Waals surface area contributed by atoms with Gasteiger partial charge in [0.2, 0.25) is 5.91 Å². The van der Waals surface area contributed by atoms with Crippen molar-refractivity contribution in [2.75, 3.05) is 5.32 Å². The third-order valence-corrected chi connectivity index (χ3v) is 6.04. The van der Waals surface area contributed by atoms with E-state index >= 15 is 0 Å². The van der Waals surface area contributed by atoms with E-state index in [9.17, 15) is 9.59 Å². The van der Waals surface area contributed by atoms with Crippen molar-refractivity contribution in [1.29, 1.82) is 0 Å². The lowest BCUT2D eigenvalue weighted by Gasteiger charge is -2.10. The lowest BCUT2D eigenvalue weighted by molar-refractivity contribution is -0.114. The molecule has 0 aliphatic rings. The van der Waals surface area contributed by atoms with Gasteiger partial charge in [-0.2, -0.15) is 5.10 Å². The van der Waals surface area contributed by atoms with Crippen LogP contribution in [0.1, 0.15) is 34.1 Å². The van der Waals surface area contributed by atoms with Crippen molar-refractivity contribution in [1.82, 2.24) is 9.99 Å². The molecule has 1 aromatic heterocycles. The summed E-state index contributed by atoms with van der Waals surface area (Å²) in [6, 6.07) is 20.1. The molecule has 3 aromatic carbocycles. The summed E-state index contributed by atoms with van der Waals surface area (Å²) in [5.74, 6) is -0.519. The average Bonchev–Trinajstić information content (AvgIpc) is 3.07. The van der Waals surface area contributed by atoms with Gasteiger partial charge in [-0.05, 0) is 55.0 Å². The van der Waals surface area contributed by atoms with Crippen LogP contribution in [0.25, 0.3) is 10.9 Å². The first-order valence-corrected chi connectivity index (χ1v) is 11.3. The SMILES string of the molecule is CC(=O)Nc1ccc(C(=O)N/N=C\c2c(C)n(Cc3ccc(Cl)cc3Cl)c3ccccc23)cc1. The van der Waals surface area contributed by atoms with E-state index in [0.717, 1.165) is 27.7 Å². The molecule has 8 heteroatoms. The van der Waals surface area contributed by atoms with Gasteiger partial charge in [0.05, 0.1) is 6.21 Å². The molecule has 0 saturated heterocycles. The summed E-state index contributed by atoms with van der Waals surface area (Å²) in [6.45, 7) is 4.01. The van der Waals surface area contributed by atoms with Crippen LogP contribution in [-0.2, 0) is 11.3 Å². The molecule has 0 spiro atoms. The zero-order valence-corrected chi connectivity index (χ0v) is 20.1. The highest BCUT2D eigenvalue weighted by atomic mass is 35.5. The number of para-hydroxylation sites is 1. The lowest BCUT2D eigenvalue weighted by atomic mass is 10.1. The number of hydrogen-bond acceptors (Lipinski definition) is 3. The maximum Gasteiger partial charge on any atom is 0.271 e. The second kappa shape index (κ2) is 10.1. The van der Waals surface area contributed by atoms with Crippen molar-refractivity contribution in [3.05, 3.63) is 99.2 Å². The summed E-state index contributed by atoms with van der Waals surface area (Å²) in [4.78, 5) is 23.6. The minimum Gasteiger partial charge on any atom is -0.340 e. The molecule has 172 valence electrons. The number of hydrogen-bond donors (Lipinski definition) is 2. The van der Waals surface area contributed by atoms with Crippen molar-refractivity contribution >= 4 is 57.8 Å². The molecule has 0 atom stereocenters. The molecule has 4 rings (SSSR count). The van der Waals surface area contributed by atoms with Crippen molar-refractivity contribution in [3.63, 3.8) is 0 Å². The maximum atomic E-state index is 12.5. The first kappa shape index (κ1) is 23.5. The van der Waals surface area contributed by atoms with E-state index in [2.05, 4.69) is 20.4 Å². The Kier molecular flexibility index (Phi) is 7.01. The van der Waals surface area contributed by atoms with Gasteiger partial charge in [-0.1, -0.05) is 47.5 Å². The number of anilines is 1. The minimum atomic E-state index is -0.347. The predicted octanol–water partition coefficient (Wildman–Crippen LogP) is 6.03. The molecule has 1 heterocycles. The number of hydrazone groups is 1. The minimum absolute atomic E-state index is 0.172. The fraction of sp³-hybridized carbons (Fsp3) is 0.115. The van der Waals surface area contributed by atoms with E-state index < -0.39 is 0 Å². The van der Waals surface area contributed by atoms with Gasteiger partial charge in [0.25, 0.3) is 5.91 Å². The molecule has 0 bridgehead atoms. The Morgan fingerprint density at radius 1 is 1.03 bits per heavy atom. The topological polar surface area (TPSA) is 75.5 Å². The van der Waals surface area contributed by atoms with E-state index in [-0.39, 0.29) is 11.8 Å². The van der Waals surface area contributed by atoms with Gasteiger partial charge < -0.3 is 9.88 Å². The van der Waals surface area contributed by atoms with Gasteiger partial charge in [-0.3, -0.25) is 9.59 Å². The molecule has 0 aliphatic carbocycles. The van der Waals surface area contributed by atoms with Crippen molar-refractivity contribution in [2.24, 2.45) is 5.10 Å². The molecular formula is C26H22Cl2N4O2. The number of benzene rings is 3. The summed E-state index contributed by atoms with van der Waals surface area (Å²) >= 11 is 12.5. The average molecular weight is 493 g/mol. The monoisotopic (exact) mass is 492 g/mol. The number of fused-ring (bicyclic) bond motifs is 1. The van der Waals surface area contributed by atoms with Gasteiger partial charge in [0.1, 0.15) is 0 Å². The maximum absolute atomic E-state index is 12.5. The van der Waals surface area contributed by atoms with Gasteiger partial charge in [-0.25, -0.2) is 5.43 Å². The molecule has 6 nitrogen and oxygen atoms in total. The van der Waals surface area contributed by atoms with Gasteiger partial charge in [-0.15, -0.1) is 0 Å². The fourth-order valence-corrected chi connectivity index (χ4v) is 4.24. The summed E-state index contributed by atoms with van der Waals surface area (Å²) in [5.41, 5.74) is 7.51. The standard InChI is InChI=1S/C26H22Cl2N4O2/c1-16-23(14-29-31-26(34)18-8-11-21(12-9-18)30-17(2)33)22-5-3-4-6-25(22)32(16)15-19-7-10-20(27)13-24(19)28/h3-14H,15H2,1-2H3,(H,30,33)(H,31,34)/b29-14-. The number of aromatic nitrogens is 1. The number of carbonyl (C=O) groups excluding carboxylic acids is 2. The molecule has 0 unspecified atom stereocenters. The third-order valence-electron chi connectivity index (χ3n) is 5.45. The van der Waals surface area contributed by atoms with Crippen LogP contribution in [0, 0.1) is 6.92 Å². The van der Waals surface area contributed by atoms with Gasteiger partial charge >= 0.3 is 0 Å². The first-order chi connectivity index (χ1) is 16.3. The number of carbonyl (C=O) groups is 2. The van der Waals surface area contributed by atoms with E-state index in [4.69, 9.17) is 23.2 Å². The number of nitrogens with zero attached hydrogens (tertiary/aromatic N) is 2. The Morgan fingerprint density at radius 2 is 1.76 bits per heavy atom. The zero-order chi connectivity index (χ0) is 24.2.